The summed E-state index contributed by atoms with van der Waals surface area (Å²) in [4.78, 5) is -0.423. The Bertz CT molecular complexity index is 559. The van der Waals surface area contributed by atoms with Crippen LogP contribution in [-0.4, -0.2) is 30.9 Å². The molecule has 0 aliphatic heterocycles. The largest absolute Gasteiger partial charge is 0.392 e. The van der Waals surface area contributed by atoms with Crippen LogP contribution in [0.2, 0.25) is 0 Å². The van der Waals surface area contributed by atoms with Gasteiger partial charge in [-0.1, -0.05) is 18.2 Å². The number of nitrogens with zero attached hydrogens (tertiary/aromatic N) is 1. The van der Waals surface area contributed by atoms with Crippen LogP contribution in [0.5, 0.6) is 0 Å². The van der Waals surface area contributed by atoms with Crippen molar-refractivity contribution in [2.45, 2.75) is 11.5 Å². The predicted molar refractivity (Wildman–Crippen MR) is 71.5 cm³/mol. The van der Waals surface area contributed by atoms with Crippen molar-refractivity contribution < 1.29 is 17.9 Å². The molecule has 0 unspecified atom stereocenters. The normalized spacial score (nSPS) is 11.5. The van der Waals surface area contributed by atoms with Crippen LogP contribution >= 0.6 is 0 Å². The molecule has 104 valence electrons. The Morgan fingerprint density at radius 2 is 1.84 bits per heavy atom. The van der Waals surface area contributed by atoms with Gasteiger partial charge in [-0.3, -0.25) is 0 Å². The van der Waals surface area contributed by atoms with Crippen LogP contribution in [-0.2, 0) is 16.6 Å². The molecule has 0 amide bonds. The van der Waals surface area contributed by atoms with Gasteiger partial charge in [-0.25, -0.2) is 12.8 Å². The minimum atomic E-state index is -3.95. The van der Waals surface area contributed by atoms with E-state index in [4.69, 9.17) is 5.11 Å². The van der Waals surface area contributed by atoms with Gasteiger partial charge in [-0.15, -0.1) is 13.2 Å². The lowest BCUT2D eigenvalue weighted by Crippen LogP contribution is -2.32. The van der Waals surface area contributed by atoms with Crippen LogP contribution in [0.4, 0.5) is 4.39 Å². The zero-order valence-corrected chi connectivity index (χ0v) is 11.2. The maximum atomic E-state index is 13.8. The molecule has 0 bridgehead atoms. The highest BCUT2D eigenvalue weighted by molar-refractivity contribution is 7.89. The van der Waals surface area contributed by atoms with Crippen molar-refractivity contribution in [3.05, 3.63) is 54.9 Å². The molecular weight excluding hydrogens is 269 g/mol. The third-order valence-electron chi connectivity index (χ3n) is 2.46. The second-order valence-electron chi connectivity index (χ2n) is 3.82. The number of hydrogen-bond acceptors (Lipinski definition) is 3. The quantitative estimate of drug-likeness (QED) is 0.775. The second-order valence-corrected chi connectivity index (χ2v) is 5.73. The number of rotatable bonds is 7. The topological polar surface area (TPSA) is 57.6 Å². The summed E-state index contributed by atoms with van der Waals surface area (Å²) in [6, 6.07) is 3.53. The van der Waals surface area contributed by atoms with Gasteiger partial charge in [-0.05, 0) is 17.7 Å². The van der Waals surface area contributed by atoms with Crippen molar-refractivity contribution in [1.82, 2.24) is 4.31 Å². The summed E-state index contributed by atoms with van der Waals surface area (Å²) in [5.74, 6) is -0.885. The maximum absolute atomic E-state index is 13.8. The molecule has 0 spiro atoms. The van der Waals surface area contributed by atoms with Crippen molar-refractivity contribution in [3.8, 4) is 0 Å². The fourth-order valence-corrected chi connectivity index (χ4v) is 2.98. The van der Waals surface area contributed by atoms with Crippen LogP contribution in [0.15, 0.2) is 48.4 Å². The molecule has 0 saturated heterocycles. The maximum Gasteiger partial charge on any atom is 0.246 e. The molecule has 1 aromatic carbocycles. The monoisotopic (exact) mass is 285 g/mol. The van der Waals surface area contributed by atoms with Crippen LogP contribution in [0.1, 0.15) is 5.56 Å². The molecule has 0 aliphatic carbocycles. The number of halogens is 1. The lowest BCUT2D eigenvalue weighted by Gasteiger charge is -2.19. The molecule has 0 fully saturated rings. The first-order valence-electron chi connectivity index (χ1n) is 5.58. The lowest BCUT2D eigenvalue weighted by atomic mass is 10.2. The fraction of sp³-hybridized carbons (Fsp3) is 0.231. The summed E-state index contributed by atoms with van der Waals surface area (Å²) in [6.07, 6.45) is 2.84. The summed E-state index contributed by atoms with van der Waals surface area (Å²) in [5, 5.41) is 8.88. The first-order valence-corrected chi connectivity index (χ1v) is 7.02. The molecule has 0 heterocycles. The van der Waals surface area contributed by atoms with E-state index in [2.05, 4.69) is 13.2 Å². The van der Waals surface area contributed by atoms with E-state index in [1.54, 1.807) is 0 Å². The molecule has 1 rings (SSSR count). The molecule has 4 nitrogen and oxygen atoms in total. The standard InChI is InChI=1S/C13H16FNO3S/c1-3-7-15(8-4-2)19(17,18)13-6-5-11(10-16)9-12(13)14/h3-6,9,16H,1-2,7-8,10H2. The van der Waals surface area contributed by atoms with Crippen molar-refractivity contribution >= 4 is 10.0 Å². The van der Waals surface area contributed by atoms with Crippen molar-refractivity contribution in [3.63, 3.8) is 0 Å². The Balaban J connectivity index is 3.24. The number of hydrogen-bond donors (Lipinski definition) is 1. The molecule has 1 aromatic rings. The Morgan fingerprint density at radius 3 is 2.26 bits per heavy atom. The van der Waals surface area contributed by atoms with Gasteiger partial charge in [0.15, 0.2) is 0 Å². The van der Waals surface area contributed by atoms with Gasteiger partial charge in [0.2, 0.25) is 10.0 Å². The zero-order valence-electron chi connectivity index (χ0n) is 10.4. The van der Waals surface area contributed by atoms with Gasteiger partial charge in [0, 0.05) is 13.1 Å². The van der Waals surface area contributed by atoms with Crippen molar-refractivity contribution in [1.29, 1.82) is 0 Å². The number of aliphatic hydroxyl groups is 1. The third-order valence-corrected chi connectivity index (χ3v) is 4.33. The summed E-state index contributed by atoms with van der Waals surface area (Å²) >= 11 is 0. The van der Waals surface area contributed by atoms with E-state index in [0.29, 0.717) is 5.56 Å². The van der Waals surface area contributed by atoms with E-state index in [1.165, 1.54) is 18.2 Å². The molecule has 0 atom stereocenters. The summed E-state index contributed by atoms with van der Waals surface area (Å²) in [7, 11) is -3.95. The van der Waals surface area contributed by atoms with Gasteiger partial charge >= 0.3 is 0 Å². The Hall–Kier alpha value is -1.50. The molecule has 1 N–H and O–H groups in total. The van der Waals surface area contributed by atoms with Gasteiger partial charge < -0.3 is 5.11 Å². The van der Waals surface area contributed by atoms with Gasteiger partial charge in [0.25, 0.3) is 0 Å². The highest BCUT2D eigenvalue weighted by Gasteiger charge is 2.25. The first-order chi connectivity index (χ1) is 8.97. The van der Waals surface area contributed by atoms with Crippen molar-refractivity contribution in [2.24, 2.45) is 0 Å². The van der Waals surface area contributed by atoms with Crippen LogP contribution in [0.25, 0.3) is 0 Å². The third kappa shape index (κ3) is 3.50. The first kappa shape index (κ1) is 15.6. The van der Waals surface area contributed by atoms with Crippen LogP contribution in [0.3, 0.4) is 0 Å². The molecular formula is C13H16FNO3S. The van der Waals surface area contributed by atoms with Gasteiger partial charge in [0.05, 0.1) is 6.61 Å². The van der Waals surface area contributed by atoms with Gasteiger partial charge in [-0.2, -0.15) is 4.31 Å². The SMILES string of the molecule is C=CCN(CC=C)S(=O)(=O)c1ccc(CO)cc1F. The minimum absolute atomic E-state index is 0.0650. The number of aliphatic hydroxyl groups excluding tert-OH is 1. The van der Waals surface area contributed by atoms with Crippen molar-refractivity contribution in [2.75, 3.05) is 13.1 Å². The Kier molecular flexibility index (Phi) is 5.41. The summed E-state index contributed by atoms with van der Waals surface area (Å²) in [5.41, 5.74) is 0.315. The van der Waals surface area contributed by atoms with Gasteiger partial charge in [0.1, 0.15) is 10.7 Å². The van der Waals surface area contributed by atoms with E-state index in [0.717, 1.165) is 16.4 Å². The average Bonchev–Trinajstić information content (AvgIpc) is 2.38. The van der Waals surface area contributed by atoms with E-state index in [9.17, 15) is 12.8 Å². The molecule has 0 saturated carbocycles. The molecule has 6 heteroatoms. The van der Waals surface area contributed by atoms with Crippen LogP contribution < -0.4 is 0 Å². The van der Waals surface area contributed by atoms with Crippen LogP contribution in [0, 0.1) is 5.82 Å². The molecule has 0 aromatic heterocycles. The van der Waals surface area contributed by atoms with E-state index < -0.39 is 20.7 Å². The number of sulfonamides is 1. The fourth-order valence-electron chi connectivity index (χ4n) is 1.55. The Morgan fingerprint density at radius 1 is 1.26 bits per heavy atom. The molecule has 0 radical (unpaired) electrons. The van der Waals surface area contributed by atoms with E-state index >= 15 is 0 Å². The number of benzene rings is 1. The highest BCUT2D eigenvalue weighted by atomic mass is 32.2. The minimum Gasteiger partial charge on any atom is -0.392 e. The highest BCUT2D eigenvalue weighted by Crippen LogP contribution is 2.20. The van der Waals surface area contributed by atoms with E-state index in [-0.39, 0.29) is 19.7 Å². The predicted octanol–water partition coefficient (Wildman–Crippen LogP) is 1.68. The summed E-state index contributed by atoms with van der Waals surface area (Å²) < 4.78 is 39.4. The second kappa shape index (κ2) is 6.60. The van der Waals surface area contributed by atoms with E-state index in [1.807, 2.05) is 0 Å². The molecule has 19 heavy (non-hydrogen) atoms. The molecule has 0 aliphatic rings. The Labute approximate surface area is 112 Å². The summed E-state index contributed by atoms with van der Waals surface area (Å²) in [6.45, 7) is 6.73. The lowest BCUT2D eigenvalue weighted by molar-refractivity contribution is 0.281. The zero-order chi connectivity index (χ0) is 14.5. The smallest absolute Gasteiger partial charge is 0.246 e. The average molecular weight is 285 g/mol.